The average molecular weight is 318 g/mol. The van der Waals surface area contributed by atoms with Crippen LogP contribution in [0.3, 0.4) is 0 Å². The van der Waals surface area contributed by atoms with Crippen LogP contribution in [-0.2, 0) is 5.41 Å². The Labute approximate surface area is 133 Å². The number of nitrogens with zero attached hydrogens (tertiary/aromatic N) is 1. The lowest BCUT2D eigenvalue weighted by molar-refractivity contribution is 0.104. The van der Waals surface area contributed by atoms with Gasteiger partial charge in [0.15, 0.2) is 5.78 Å². The van der Waals surface area contributed by atoms with Gasteiger partial charge in [0.2, 0.25) is 0 Å². The fourth-order valence-corrected chi connectivity index (χ4v) is 3.86. The number of likely N-dealkylation sites (N-methyl/N-ethyl adjacent to an activating group) is 1. The standard InChI is InChI=1S/C17H16ClNOS/c1-17(2)11-6-4-5-7-12(11)19(3)15(17)10-13(20)14-8-9-16(18)21-14/h4-10H,1-3H3/b15-10+. The Bertz CT molecular complexity index is 745. The highest BCUT2D eigenvalue weighted by atomic mass is 35.5. The molecule has 0 radical (unpaired) electrons. The number of para-hydroxylation sites is 1. The summed E-state index contributed by atoms with van der Waals surface area (Å²) in [5, 5.41) is 0. The molecule has 0 bridgehead atoms. The summed E-state index contributed by atoms with van der Waals surface area (Å²) in [6.45, 7) is 4.30. The molecule has 0 fully saturated rings. The van der Waals surface area contributed by atoms with Crippen LogP contribution in [0.4, 0.5) is 5.69 Å². The lowest BCUT2D eigenvalue weighted by Crippen LogP contribution is -2.24. The van der Waals surface area contributed by atoms with Crippen molar-refractivity contribution in [3.8, 4) is 0 Å². The van der Waals surface area contributed by atoms with E-state index in [4.69, 9.17) is 11.6 Å². The number of carbonyl (C=O) groups is 1. The number of carbonyl (C=O) groups excluding carboxylic acids is 1. The minimum absolute atomic E-state index is 0.00892. The molecule has 0 saturated heterocycles. The van der Waals surface area contributed by atoms with E-state index < -0.39 is 0 Å². The van der Waals surface area contributed by atoms with Crippen LogP contribution in [0.1, 0.15) is 29.1 Å². The summed E-state index contributed by atoms with van der Waals surface area (Å²) in [6, 6.07) is 11.8. The summed E-state index contributed by atoms with van der Waals surface area (Å²) in [6.07, 6.45) is 1.74. The molecule has 0 unspecified atom stereocenters. The number of halogens is 1. The van der Waals surface area contributed by atoms with E-state index in [1.165, 1.54) is 16.9 Å². The Hall–Kier alpha value is -1.58. The normalized spacial score (nSPS) is 18.1. The third-order valence-electron chi connectivity index (χ3n) is 4.02. The lowest BCUT2D eigenvalue weighted by atomic mass is 9.83. The van der Waals surface area contributed by atoms with Crippen LogP contribution in [-0.4, -0.2) is 12.8 Å². The van der Waals surface area contributed by atoms with Crippen molar-refractivity contribution < 1.29 is 4.79 Å². The molecule has 1 aliphatic rings. The first kappa shape index (κ1) is 14.4. The maximum atomic E-state index is 12.4. The van der Waals surface area contributed by atoms with Crippen molar-refractivity contribution in [3.05, 3.63) is 62.9 Å². The predicted molar refractivity (Wildman–Crippen MR) is 89.6 cm³/mol. The van der Waals surface area contributed by atoms with Gasteiger partial charge >= 0.3 is 0 Å². The molecule has 0 aliphatic carbocycles. The SMILES string of the molecule is CN1/C(=C/C(=O)c2ccc(Cl)s2)C(C)(C)c2ccccc21. The molecule has 0 atom stereocenters. The Balaban J connectivity index is 2.04. The summed E-state index contributed by atoms with van der Waals surface area (Å²) in [5.74, 6) is 0.00892. The number of thiophene rings is 1. The van der Waals surface area contributed by atoms with Crippen molar-refractivity contribution in [2.75, 3.05) is 11.9 Å². The van der Waals surface area contributed by atoms with Crippen molar-refractivity contribution >= 4 is 34.4 Å². The van der Waals surface area contributed by atoms with Gasteiger partial charge in [0.1, 0.15) is 0 Å². The molecular weight excluding hydrogens is 302 g/mol. The molecule has 2 heterocycles. The highest BCUT2D eigenvalue weighted by Gasteiger charge is 2.38. The van der Waals surface area contributed by atoms with Gasteiger partial charge in [0.05, 0.1) is 9.21 Å². The van der Waals surface area contributed by atoms with Crippen molar-refractivity contribution in [1.82, 2.24) is 0 Å². The molecule has 1 aromatic heterocycles. The van der Waals surface area contributed by atoms with Gasteiger partial charge in [-0.3, -0.25) is 4.79 Å². The van der Waals surface area contributed by atoms with Gasteiger partial charge in [-0.05, 0) is 23.8 Å². The number of benzene rings is 1. The van der Waals surface area contributed by atoms with Crippen LogP contribution in [0.25, 0.3) is 0 Å². The fourth-order valence-electron chi connectivity index (χ4n) is 2.90. The van der Waals surface area contributed by atoms with Gasteiger partial charge in [-0.1, -0.05) is 43.6 Å². The quantitative estimate of drug-likeness (QED) is 0.580. The second kappa shape index (κ2) is 5.00. The second-order valence-electron chi connectivity index (χ2n) is 5.70. The van der Waals surface area contributed by atoms with E-state index in [2.05, 4.69) is 30.9 Å². The van der Waals surface area contributed by atoms with Crippen LogP contribution in [0.15, 0.2) is 48.2 Å². The highest BCUT2D eigenvalue weighted by Crippen LogP contribution is 2.46. The number of anilines is 1. The zero-order valence-electron chi connectivity index (χ0n) is 12.2. The molecule has 0 saturated carbocycles. The Morgan fingerprint density at radius 1 is 1.24 bits per heavy atom. The van der Waals surface area contributed by atoms with E-state index in [0.717, 1.165) is 11.4 Å². The lowest BCUT2D eigenvalue weighted by Gasteiger charge is -2.23. The van der Waals surface area contributed by atoms with E-state index in [1.807, 2.05) is 19.2 Å². The van der Waals surface area contributed by atoms with Crippen molar-refractivity contribution in [2.45, 2.75) is 19.3 Å². The van der Waals surface area contributed by atoms with Gasteiger partial charge in [-0.25, -0.2) is 0 Å². The summed E-state index contributed by atoms with van der Waals surface area (Å²) in [5.41, 5.74) is 3.24. The predicted octanol–water partition coefficient (Wildman–Crippen LogP) is 4.90. The smallest absolute Gasteiger partial charge is 0.197 e. The fraction of sp³-hybridized carbons (Fsp3) is 0.235. The van der Waals surface area contributed by atoms with Crippen LogP contribution in [0.2, 0.25) is 4.34 Å². The first-order valence-electron chi connectivity index (χ1n) is 6.76. The molecular formula is C17H16ClNOS. The van der Waals surface area contributed by atoms with Gasteiger partial charge in [-0.15, -0.1) is 11.3 Å². The van der Waals surface area contributed by atoms with E-state index in [9.17, 15) is 4.79 Å². The molecule has 108 valence electrons. The molecule has 2 aromatic rings. The van der Waals surface area contributed by atoms with Gasteiger partial charge < -0.3 is 4.90 Å². The first-order valence-corrected chi connectivity index (χ1v) is 7.96. The van der Waals surface area contributed by atoms with Gasteiger partial charge in [-0.2, -0.15) is 0 Å². The van der Waals surface area contributed by atoms with Crippen LogP contribution < -0.4 is 4.90 Å². The molecule has 0 spiro atoms. The summed E-state index contributed by atoms with van der Waals surface area (Å²) < 4.78 is 0.638. The maximum absolute atomic E-state index is 12.4. The van der Waals surface area contributed by atoms with Gasteiger partial charge in [0, 0.05) is 29.9 Å². The minimum atomic E-state index is -0.179. The third kappa shape index (κ3) is 2.30. The second-order valence-corrected chi connectivity index (χ2v) is 7.41. The minimum Gasteiger partial charge on any atom is -0.347 e. The van der Waals surface area contributed by atoms with Crippen molar-refractivity contribution in [3.63, 3.8) is 0 Å². The molecule has 3 rings (SSSR count). The molecule has 0 amide bonds. The third-order valence-corrected chi connectivity index (χ3v) is 5.27. The van der Waals surface area contributed by atoms with Crippen LogP contribution in [0.5, 0.6) is 0 Å². The topological polar surface area (TPSA) is 20.3 Å². The van der Waals surface area contributed by atoms with E-state index in [1.54, 1.807) is 18.2 Å². The van der Waals surface area contributed by atoms with Crippen LogP contribution in [0, 0.1) is 0 Å². The van der Waals surface area contributed by atoms with Crippen LogP contribution >= 0.6 is 22.9 Å². The molecule has 1 aromatic carbocycles. The summed E-state index contributed by atoms with van der Waals surface area (Å²) in [7, 11) is 2.01. The molecule has 21 heavy (non-hydrogen) atoms. The van der Waals surface area contributed by atoms with Crippen molar-refractivity contribution in [1.29, 1.82) is 0 Å². The summed E-state index contributed by atoms with van der Waals surface area (Å²) in [4.78, 5) is 15.2. The summed E-state index contributed by atoms with van der Waals surface area (Å²) >= 11 is 7.23. The largest absolute Gasteiger partial charge is 0.347 e. The highest BCUT2D eigenvalue weighted by molar-refractivity contribution is 7.18. The number of hydrogen-bond acceptors (Lipinski definition) is 3. The molecule has 0 N–H and O–H groups in total. The maximum Gasteiger partial charge on any atom is 0.197 e. The Kier molecular flexibility index (Phi) is 3.42. The van der Waals surface area contributed by atoms with Gasteiger partial charge in [0.25, 0.3) is 0 Å². The zero-order valence-corrected chi connectivity index (χ0v) is 13.8. The van der Waals surface area contributed by atoms with Crippen molar-refractivity contribution in [2.24, 2.45) is 0 Å². The Morgan fingerprint density at radius 3 is 2.57 bits per heavy atom. The average Bonchev–Trinajstić information content (AvgIpc) is 2.96. The zero-order chi connectivity index (χ0) is 15.2. The number of fused-ring (bicyclic) bond motifs is 1. The monoisotopic (exact) mass is 317 g/mol. The molecule has 2 nitrogen and oxygen atoms in total. The number of hydrogen-bond donors (Lipinski definition) is 0. The number of rotatable bonds is 2. The van der Waals surface area contributed by atoms with E-state index in [-0.39, 0.29) is 11.2 Å². The Morgan fingerprint density at radius 2 is 1.95 bits per heavy atom. The number of allylic oxidation sites excluding steroid dienone is 2. The first-order chi connectivity index (χ1) is 9.91. The van der Waals surface area contributed by atoms with E-state index >= 15 is 0 Å². The number of ketones is 1. The molecule has 4 heteroatoms. The molecule has 1 aliphatic heterocycles. The van der Waals surface area contributed by atoms with E-state index in [0.29, 0.717) is 9.21 Å².